The van der Waals surface area contributed by atoms with Gasteiger partial charge in [-0.15, -0.1) is 0 Å². The first-order valence-electron chi connectivity index (χ1n) is 11.6. The number of amides is 3. The Morgan fingerprint density at radius 1 is 1.11 bits per heavy atom. The highest BCUT2D eigenvalue weighted by Crippen LogP contribution is 2.28. The van der Waals surface area contributed by atoms with E-state index in [0.717, 1.165) is 0 Å². The maximum atomic E-state index is 13.3. The summed E-state index contributed by atoms with van der Waals surface area (Å²) in [7, 11) is 0. The number of hydrogen-bond donors (Lipinski definition) is 4. The van der Waals surface area contributed by atoms with Gasteiger partial charge in [0.05, 0.1) is 19.8 Å². The molecule has 190 valence electrons. The molecule has 2 atom stereocenters. The molecule has 0 saturated carbocycles. The minimum Gasteiger partial charge on any atom is -0.384 e. The second-order valence-corrected chi connectivity index (χ2v) is 8.56. The van der Waals surface area contributed by atoms with E-state index in [1.807, 2.05) is 0 Å². The fraction of sp³-hybridized carbons (Fsp3) is 0.360. The average Bonchev–Trinajstić information content (AvgIpc) is 2.89. The van der Waals surface area contributed by atoms with Gasteiger partial charge in [-0.3, -0.25) is 19.8 Å². The predicted octanol–water partition coefficient (Wildman–Crippen LogP) is 0.483. The highest BCUT2D eigenvalue weighted by Gasteiger charge is 2.40. The van der Waals surface area contributed by atoms with Crippen LogP contribution in [0.25, 0.3) is 0 Å². The molecule has 2 unspecified atom stereocenters. The van der Waals surface area contributed by atoms with Crippen LogP contribution < -0.4 is 16.0 Å². The van der Waals surface area contributed by atoms with E-state index in [-0.39, 0.29) is 24.9 Å². The van der Waals surface area contributed by atoms with Crippen LogP contribution in [0.5, 0.6) is 0 Å². The Balaban J connectivity index is 1.48. The zero-order valence-corrected chi connectivity index (χ0v) is 19.9. The molecule has 2 aliphatic rings. The number of benzene rings is 2. The van der Waals surface area contributed by atoms with Crippen LogP contribution in [-0.2, 0) is 19.1 Å². The number of aliphatic hydroxyl groups is 1. The lowest BCUT2D eigenvalue weighted by molar-refractivity contribution is -0.150. The van der Waals surface area contributed by atoms with E-state index >= 15 is 0 Å². The van der Waals surface area contributed by atoms with Gasteiger partial charge in [-0.2, -0.15) is 0 Å². The number of nitrogens with one attached hydrogen (secondary N) is 2. The van der Waals surface area contributed by atoms with Gasteiger partial charge < -0.3 is 35.4 Å². The van der Waals surface area contributed by atoms with Crippen molar-refractivity contribution in [2.45, 2.75) is 19.1 Å². The molecule has 11 nitrogen and oxygen atoms in total. The molecular weight excluding hydrogens is 466 g/mol. The average molecular weight is 496 g/mol. The van der Waals surface area contributed by atoms with Crippen molar-refractivity contribution in [2.24, 2.45) is 5.73 Å². The minimum absolute atomic E-state index is 0.106. The molecule has 2 aliphatic heterocycles. The summed E-state index contributed by atoms with van der Waals surface area (Å²) in [5.74, 6) is -1.63. The fourth-order valence-corrected chi connectivity index (χ4v) is 4.24. The SMILES string of the molecule is Cc1c(C(=O)N2CCOCC2)cccc1N1CCOC(C(O)C(=O)Nc2ccc(C(=N)N)cc2)C1=O. The predicted molar refractivity (Wildman–Crippen MR) is 132 cm³/mol. The molecule has 5 N–H and O–H groups in total. The maximum Gasteiger partial charge on any atom is 0.259 e. The van der Waals surface area contributed by atoms with Crippen molar-refractivity contribution in [2.75, 3.05) is 49.7 Å². The number of anilines is 2. The Morgan fingerprint density at radius 2 is 1.81 bits per heavy atom. The lowest BCUT2D eigenvalue weighted by Crippen LogP contribution is -2.55. The van der Waals surface area contributed by atoms with Crippen LogP contribution >= 0.6 is 0 Å². The van der Waals surface area contributed by atoms with E-state index in [4.69, 9.17) is 20.6 Å². The van der Waals surface area contributed by atoms with Gasteiger partial charge in [0, 0.05) is 42.1 Å². The summed E-state index contributed by atoms with van der Waals surface area (Å²) in [4.78, 5) is 42.2. The molecular formula is C25H29N5O6. The summed E-state index contributed by atoms with van der Waals surface area (Å²) >= 11 is 0. The molecule has 0 bridgehead atoms. The molecule has 0 aliphatic carbocycles. The third-order valence-electron chi connectivity index (χ3n) is 6.27. The summed E-state index contributed by atoms with van der Waals surface area (Å²) in [5.41, 5.74) is 7.93. The molecule has 2 heterocycles. The summed E-state index contributed by atoms with van der Waals surface area (Å²) in [6, 6.07) is 11.4. The Morgan fingerprint density at radius 3 is 2.47 bits per heavy atom. The number of rotatable bonds is 6. The first kappa shape index (κ1) is 25.3. The lowest BCUT2D eigenvalue weighted by atomic mass is 10.0. The Bertz CT molecular complexity index is 1160. The van der Waals surface area contributed by atoms with E-state index in [1.165, 1.54) is 17.0 Å². The van der Waals surface area contributed by atoms with Crippen molar-refractivity contribution in [1.82, 2.24) is 4.90 Å². The van der Waals surface area contributed by atoms with Gasteiger partial charge in [0.15, 0.2) is 12.2 Å². The number of carbonyl (C=O) groups is 3. The van der Waals surface area contributed by atoms with Crippen molar-refractivity contribution in [3.05, 3.63) is 59.2 Å². The first-order valence-corrected chi connectivity index (χ1v) is 11.6. The molecule has 0 radical (unpaired) electrons. The molecule has 0 aromatic heterocycles. The number of amidine groups is 1. The third kappa shape index (κ3) is 5.23. The molecule has 2 aromatic rings. The van der Waals surface area contributed by atoms with Crippen LogP contribution in [0.1, 0.15) is 21.5 Å². The highest BCUT2D eigenvalue weighted by atomic mass is 16.5. The van der Waals surface area contributed by atoms with Gasteiger partial charge in [0.2, 0.25) is 0 Å². The molecule has 2 fully saturated rings. The summed E-state index contributed by atoms with van der Waals surface area (Å²) in [6.07, 6.45) is -3.17. The van der Waals surface area contributed by atoms with Gasteiger partial charge in [0.25, 0.3) is 17.7 Å². The normalized spacial score (nSPS) is 19.1. The second-order valence-electron chi connectivity index (χ2n) is 8.56. The number of nitrogens with two attached hydrogens (primary N) is 1. The Kier molecular flexibility index (Phi) is 7.63. The van der Waals surface area contributed by atoms with Crippen molar-refractivity contribution < 1.29 is 29.0 Å². The quantitative estimate of drug-likeness (QED) is 0.335. The molecule has 11 heteroatoms. The van der Waals surface area contributed by atoms with Crippen LogP contribution in [-0.4, -0.2) is 85.2 Å². The van der Waals surface area contributed by atoms with Crippen LogP contribution in [0.4, 0.5) is 11.4 Å². The lowest BCUT2D eigenvalue weighted by Gasteiger charge is -2.35. The number of carbonyl (C=O) groups excluding carboxylic acids is 3. The van der Waals surface area contributed by atoms with Gasteiger partial charge in [-0.1, -0.05) is 6.07 Å². The molecule has 2 saturated heterocycles. The fourth-order valence-electron chi connectivity index (χ4n) is 4.24. The van der Waals surface area contributed by atoms with Gasteiger partial charge >= 0.3 is 0 Å². The Labute approximate surface area is 208 Å². The molecule has 2 aromatic carbocycles. The molecule has 3 amide bonds. The van der Waals surface area contributed by atoms with E-state index in [9.17, 15) is 19.5 Å². The number of hydrogen-bond acceptors (Lipinski definition) is 7. The van der Waals surface area contributed by atoms with Crippen LogP contribution in [0.2, 0.25) is 0 Å². The maximum absolute atomic E-state index is 13.3. The summed E-state index contributed by atoms with van der Waals surface area (Å²) < 4.78 is 10.8. The van der Waals surface area contributed by atoms with Crippen LogP contribution in [0, 0.1) is 12.3 Å². The van der Waals surface area contributed by atoms with Crippen molar-refractivity contribution in [3.8, 4) is 0 Å². The monoisotopic (exact) mass is 495 g/mol. The first-order chi connectivity index (χ1) is 17.3. The third-order valence-corrected chi connectivity index (χ3v) is 6.27. The van der Waals surface area contributed by atoms with Crippen molar-refractivity contribution in [3.63, 3.8) is 0 Å². The van der Waals surface area contributed by atoms with Gasteiger partial charge in [-0.05, 0) is 48.9 Å². The summed E-state index contributed by atoms with van der Waals surface area (Å²) in [6.45, 7) is 4.06. The number of ether oxygens (including phenoxy) is 2. The van der Waals surface area contributed by atoms with E-state index in [1.54, 1.807) is 42.2 Å². The highest BCUT2D eigenvalue weighted by molar-refractivity contribution is 6.05. The van der Waals surface area contributed by atoms with Gasteiger partial charge in [0.1, 0.15) is 5.84 Å². The van der Waals surface area contributed by atoms with E-state index in [0.29, 0.717) is 54.4 Å². The second kappa shape index (κ2) is 10.9. The van der Waals surface area contributed by atoms with Crippen LogP contribution in [0.15, 0.2) is 42.5 Å². The number of nitrogens with zero attached hydrogens (tertiary/aromatic N) is 2. The van der Waals surface area contributed by atoms with Gasteiger partial charge in [-0.25, -0.2) is 0 Å². The molecule has 36 heavy (non-hydrogen) atoms. The zero-order chi connectivity index (χ0) is 25.8. The van der Waals surface area contributed by atoms with Crippen molar-refractivity contribution in [1.29, 1.82) is 5.41 Å². The van der Waals surface area contributed by atoms with Crippen molar-refractivity contribution >= 4 is 34.9 Å². The standard InChI is InChI=1S/C25H29N5O6/c1-15-18(24(33)29-9-12-35-13-10-29)3-2-4-19(15)30-11-14-36-21(25(30)34)20(31)23(32)28-17-7-5-16(6-8-17)22(26)27/h2-8,20-21,31H,9-14H2,1H3,(H3,26,27)(H,28,32). The van der Waals surface area contributed by atoms with Crippen LogP contribution in [0.3, 0.4) is 0 Å². The molecule has 4 rings (SSSR count). The zero-order valence-electron chi connectivity index (χ0n) is 19.9. The van der Waals surface area contributed by atoms with E-state index in [2.05, 4.69) is 5.32 Å². The largest absolute Gasteiger partial charge is 0.384 e. The topological polar surface area (TPSA) is 158 Å². The molecule has 0 spiro atoms. The Hall–Kier alpha value is -3.80. The van der Waals surface area contributed by atoms with E-state index < -0.39 is 24.0 Å². The number of nitrogen functional groups attached to an aromatic ring is 1. The smallest absolute Gasteiger partial charge is 0.259 e. The number of morpholine rings is 2. The number of aliphatic hydroxyl groups excluding tert-OH is 1. The minimum atomic E-state index is -1.76. The summed E-state index contributed by atoms with van der Waals surface area (Å²) in [5, 5.41) is 20.6.